The van der Waals surface area contributed by atoms with E-state index < -0.39 is 11.9 Å². The zero-order valence-electron chi connectivity index (χ0n) is 15.1. The Bertz CT molecular complexity index is 784. The Labute approximate surface area is 160 Å². The number of carbonyl (C=O) groups is 3. The maximum atomic E-state index is 12.5. The molecule has 1 unspecified atom stereocenters. The van der Waals surface area contributed by atoms with Crippen LogP contribution in [0.5, 0.6) is 0 Å². The zero-order chi connectivity index (χ0) is 19.4. The van der Waals surface area contributed by atoms with Crippen molar-refractivity contribution in [2.75, 3.05) is 25.4 Å². The van der Waals surface area contributed by atoms with Gasteiger partial charge in [0, 0.05) is 31.8 Å². The van der Waals surface area contributed by atoms with Crippen molar-refractivity contribution in [3.63, 3.8) is 0 Å². The van der Waals surface area contributed by atoms with E-state index >= 15 is 0 Å². The van der Waals surface area contributed by atoms with Gasteiger partial charge in [-0.15, -0.1) is 16.8 Å². The first-order valence-electron chi connectivity index (χ1n) is 8.74. The van der Waals surface area contributed by atoms with Gasteiger partial charge in [0.25, 0.3) is 5.22 Å². The maximum Gasteiger partial charge on any atom is 0.350 e. The van der Waals surface area contributed by atoms with Gasteiger partial charge >= 0.3 is 6.03 Å². The fourth-order valence-electron chi connectivity index (χ4n) is 3.02. The van der Waals surface area contributed by atoms with Crippen LogP contribution in [0.4, 0.5) is 4.79 Å². The first-order valence-corrected chi connectivity index (χ1v) is 9.72. The summed E-state index contributed by atoms with van der Waals surface area (Å²) in [5.41, 5.74) is 0.418. The minimum absolute atomic E-state index is 0.0567. The molecular weight excluding hydrogens is 370 g/mol. The molecule has 3 heterocycles. The number of hydrogen-bond acceptors (Lipinski definition) is 7. The summed E-state index contributed by atoms with van der Waals surface area (Å²) >= 11 is 1.18. The van der Waals surface area contributed by atoms with Crippen LogP contribution in [0.3, 0.4) is 0 Å². The second kappa shape index (κ2) is 8.47. The lowest BCUT2D eigenvalue weighted by atomic mass is 9.97. The Hall–Kier alpha value is -2.49. The molecule has 3 rings (SSSR count). The van der Waals surface area contributed by atoms with E-state index in [1.165, 1.54) is 17.8 Å². The minimum atomic E-state index is -0.632. The molecule has 0 aliphatic carbocycles. The fraction of sp³-hybridized carbons (Fsp3) is 0.529. The predicted molar refractivity (Wildman–Crippen MR) is 98.4 cm³/mol. The van der Waals surface area contributed by atoms with Gasteiger partial charge in [-0.05, 0) is 19.8 Å². The van der Waals surface area contributed by atoms with Crippen LogP contribution in [-0.2, 0) is 16.0 Å². The summed E-state index contributed by atoms with van der Waals surface area (Å²) in [4.78, 5) is 43.2. The lowest BCUT2D eigenvalue weighted by molar-refractivity contribution is -0.130. The molecule has 1 atom stereocenters. The number of urea groups is 1. The van der Waals surface area contributed by atoms with Gasteiger partial charge in [-0.25, -0.2) is 9.79 Å². The van der Waals surface area contributed by atoms with E-state index in [4.69, 9.17) is 4.42 Å². The summed E-state index contributed by atoms with van der Waals surface area (Å²) in [6.07, 6.45) is 3.72. The number of hydrogen-bond donors (Lipinski definition) is 0. The second-order valence-electron chi connectivity index (χ2n) is 6.37. The van der Waals surface area contributed by atoms with Crippen molar-refractivity contribution in [2.24, 2.45) is 10.9 Å². The molecule has 10 heteroatoms. The SMILES string of the molecule is C=CCN1C(=O)N=C(C)C(Cc2nnc(SCC(=O)N3CCCC3)o2)C1=O. The average Bonchev–Trinajstić information content (AvgIpc) is 3.32. The Morgan fingerprint density at radius 2 is 2.07 bits per heavy atom. The highest BCUT2D eigenvalue weighted by Gasteiger charge is 2.36. The van der Waals surface area contributed by atoms with Gasteiger partial charge in [0.15, 0.2) is 0 Å². The highest BCUT2D eigenvalue weighted by molar-refractivity contribution is 7.99. The van der Waals surface area contributed by atoms with E-state index in [1.54, 1.807) is 6.92 Å². The molecule has 1 aromatic heterocycles. The number of imide groups is 1. The van der Waals surface area contributed by atoms with Crippen LogP contribution in [0, 0.1) is 5.92 Å². The Morgan fingerprint density at radius 3 is 2.78 bits per heavy atom. The molecule has 0 bridgehead atoms. The molecule has 0 spiro atoms. The standard InChI is InChI=1S/C17H21N5O4S/c1-3-6-22-15(24)12(11(2)18-16(22)25)9-13-19-20-17(26-13)27-10-14(23)21-7-4-5-8-21/h3,12H,1,4-10H2,2H3. The van der Waals surface area contributed by atoms with Crippen molar-refractivity contribution in [3.8, 4) is 0 Å². The van der Waals surface area contributed by atoms with Gasteiger partial charge in [-0.1, -0.05) is 17.8 Å². The highest BCUT2D eigenvalue weighted by Crippen LogP contribution is 2.22. The van der Waals surface area contributed by atoms with Crippen LogP contribution in [0.15, 0.2) is 27.3 Å². The summed E-state index contributed by atoms with van der Waals surface area (Å²) in [5.74, 6) is -0.420. The Balaban J connectivity index is 1.60. The average molecular weight is 391 g/mol. The predicted octanol–water partition coefficient (Wildman–Crippen LogP) is 1.55. The summed E-state index contributed by atoms with van der Waals surface area (Å²) < 4.78 is 5.56. The molecule has 0 saturated carbocycles. The van der Waals surface area contributed by atoms with Crippen LogP contribution in [-0.4, -0.2) is 68.9 Å². The van der Waals surface area contributed by atoms with Crippen molar-refractivity contribution < 1.29 is 18.8 Å². The summed E-state index contributed by atoms with van der Waals surface area (Å²) in [6.45, 7) is 6.89. The molecule has 1 aromatic rings. The third-order valence-corrected chi connectivity index (χ3v) is 5.29. The molecular formula is C17H21N5O4S. The van der Waals surface area contributed by atoms with E-state index in [0.717, 1.165) is 30.8 Å². The van der Waals surface area contributed by atoms with Gasteiger partial charge in [-0.3, -0.25) is 14.5 Å². The van der Waals surface area contributed by atoms with Gasteiger partial charge < -0.3 is 9.32 Å². The first kappa shape index (κ1) is 19.3. The van der Waals surface area contributed by atoms with Crippen molar-refractivity contribution in [2.45, 2.75) is 31.4 Å². The molecule has 1 saturated heterocycles. The third-order valence-electron chi connectivity index (χ3n) is 4.49. The fourth-order valence-corrected chi connectivity index (χ4v) is 3.70. The van der Waals surface area contributed by atoms with E-state index in [1.807, 2.05) is 4.90 Å². The number of thioether (sulfide) groups is 1. The van der Waals surface area contributed by atoms with Crippen LogP contribution >= 0.6 is 11.8 Å². The lowest BCUT2D eigenvalue weighted by Crippen LogP contribution is -2.46. The Morgan fingerprint density at radius 1 is 1.33 bits per heavy atom. The summed E-state index contributed by atoms with van der Waals surface area (Å²) in [7, 11) is 0. The van der Waals surface area contributed by atoms with E-state index in [2.05, 4.69) is 21.8 Å². The number of aliphatic imine (C=N–C) groups is 1. The number of carbonyl (C=O) groups excluding carboxylic acids is 3. The van der Waals surface area contributed by atoms with E-state index in [-0.39, 0.29) is 41.6 Å². The molecule has 4 amide bonds. The quantitative estimate of drug-likeness (QED) is 0.512. The second-order valence-corrected chi connectivity index (χ2v) is 7.29. The number of nitrogens with zero attached hydrogens (tertiary/aromatic N) is 5. The summed E-state index contributed by atoms with van der Waals surface area (Å²) in [5, 5.41) is 8.17. The molecule has 144 valence electrons. The van der Waals surface area contributed by atoms with Crippen molar-refractivity contribution in [1.29, 1.82) is 0 Å². The number of rotatable bonds is 7. The minimum Gasteiger partial charge on any atom is -0.416 e. The largest absolute Gasteiger partial charge is 0.416 e. The first-order chi connectivity index (χ1) is 13.0. The van der Waals surface area contributed by atoms with Crippen LogP contribution in [0.1, 0.15) is 25.7 Å². The molecule has 27 heavy (non-hydrogen) atoms. The molecule has 0 N–H and O–H groups in total. The van der Waals surface area contributed by atoms with Gasteiger partial charge in [0.05, 0.1) is 11.7 Å². The van der Waals surface area contributed by atoms with Gasteiger partial charge in [0.2, 0.25) is 17.7 Å². The smallest absolute Gasteiger partial charge is 0.350 e. The lowest BCUT2D eigenvalue weighted by Gasteiger charge is -2.27. The van der Waals surface area contributed by atoms with Crippen LogP contribution < -0.4 is 0 Å². The highest BCUT2D eigenvalue weighted by atomic mass is 32.2. The topological polar surface area (TPSA) is 109 Å². The molecule has 2 aliphatic rings. The van der Waals surface area contributed by atoms with Crippen LogP contribution in [0.25, 0.3) is 0 Å². The van der Waals surface area contributed by atoms with Gasteiger partial charge in [-0.2, -0.15) is 0 Å². The third kappa shape index (κ3) is 4.44. The van der Waals surface area contributed by atoms with Crippen molar-refractivity contribution in [1.82, 2.24) is 20.0 Å². The number of aromatic nitrogens is 2. The van der Waals surface area contributed by atoms with Crippen LogP contribution in [0.2, 0.25) is 0 Å². The maximum absolute atomic E-state index is 12.5. The van der Waals surface area contributed by atoms with Crippen molar-refractivity contribution >= 4 is 35.3 Å². The molecule has 9 nitrogen and oxygen atoms in total. The van der Waals surface area contributed by atoms with Crippen molar-refractivity contribution in [3.05, 3.63) is 18.5 Å². The van der Waals surface area contributed by atoms with E-state index in [0.29, 0.717) is 5.71 Å². The summed E-state index contributed by atoms with van der Waals surface area (Å²) in [6, 6.07) is -0.587. The molecule has 0 aromatic carbocycles. The van der Waals surface area contributed by atoms with E-state index in [9.17, 15) is 14.4 Å². The van der Waals surface area contributed by atoms with Gasteiger partial charge in [0.1, 0.15) is 0 Å². The Kier molecular flexibility index (Phi) is 6.04. The molecule has 2 aliphatic heterocycles. The number of likely N-dealkylation sites (tertiary alicyclic amines) is 1. The normalized spacial score (nSPS) is 20.2. The monoisotopic (exact) mass is 391 g/mol. The molecule has 1 fully saturated rings. The number of amides is 4. The zero-order valence-corrected chi connectivity index (χ0v) is 15.9. The molecule has 0 radical (unpaired) electrons.